The van der Waals surface area contributed by atoms with Crippen LogP contribution in [0.4, 0.5) is 0 Å². The zero-order valence-corrected chi connectivity index (χ0v) is 7.33. The van der Waals surface area contributed by atoms with Crippen LogP contribution in [-0.4, -0.2) is 30.5 Å². The minimum atomic E-state index is -0.354. The second-order valence-corrected chi connectivity index (χ2v) is 3.99. The Hall–Kier alpha value is -0.120. The van der Waals surface area contributed by atoms with E-state index in [1.165, 1.54) is 6.42 Å². The summed E-state index contributed by atoms with van der Waals surface area (Å²) in [5.41, 5.74) is 5.52. The lowest BCUT2D eigenvalue weighted by Crippen LogP contribution is -2.42. The summed E-state index contributed by atoms with van der Waals surface area (Å²) in [6.07, 6.45) is 4.31. The molecule has 2 aliphatic rings. The first-order valence-corrected chi connectivity index (χ1v) is 4.79. The van der Waals surface area contributed by atoms with Gasteiger partial charge in [0.05, 0.1) is 12.2 Å². The second kappa shape index (κ2) is 2.98. The van der Waals surface area contributed by atoms with Crippen molar-refractivity contribution >= 4 is 0 Å². The molecule has 1 heterocycles. The van der Waals surface area contributed by atoms with Gasteiger partial charge in [-0.3, -0.25) is 0 Å². The molecule has 3 atom stereocenters. The predicted molar refractivity (Wildman–Crippen MR) is 45.7 cm³/mol. The monoisotopic (exact) mass is 171 g/mol. The fourth-order valence-corrected chi connectivity index (χ4v) is 2.77. The summed E-state index contributed by atoms with van der Waals surface area (Å²) in [4.78, 5) is 0. The van der Waals surface area contributed by atoms with Crippen LogP contribution >= 0.6 is 0 Å². The molecule has 2 rings (SSSR count). The SMILES string of the molecule is NC[C@H](O)C12CCC[C@H]1OCC2. The van der Waals surface area contributed by atoms with Crippen molar-refractivity contribution in [1.29, 1.82) is 0 Å². The maximum Gasteiger partial charge on any atom is 0.0744 e. The van der Waals surface area contributed by atoms with Gasteiger partial charge >= 0.3 is 0 Å². The normalized spacial score (nSPS) is 43.0. The summed E-state index contributed by atoms with van der Waals surface area (Å²) < 4.78 is 5.59. The Morgan fingerprint density at radius 2 is 2.42 bits per heavy atom. The molecule has 12 heavy (non-hydrogen) atoms. The van der Waals surface area contributed by atoms with Crippen LogP contribution in [0.5, 0.6) is 0 Å². The molecule has 1 unspecified atom stereocenters. The lowest BCUT2D eigenvalue weighted by atomic mass is 9.77. The van der Waals surface area contributed by atoms with E-state index < -0.39 is 0 Å². The van der Waals surface area contributed by atoms with Gasteiger partial charge in [0, 0.05) is 18.6 Å². The first kappa shape index (κ1) is 8.48. The molecule has 0 radical (unpaired) electrons. The summed E-state index contributed by atoms with van der Waals surface area (Å²) in [5.74, 6) is 0. The van der Waals surface area contributed by atoms with Gasteiger partial charge in [-0.05, 0) is 19.3 Å². The molecule has 0 amide bonds. The average molecular weight is 171 g/mol. The van der Waals surface area contributed by atoms with E-state index in [1.54, 1.807) is 0 Å². The topological polar surface area (TPSA) is 55.5 Å². The van der Waals surface area contributed by atoms with Crippen LogP contribution in [0, 0.1) is 5.41 Å². The molecular formula is C9H17NO2. The maximum absolute atomic E-state index is 9.81. The number of hydrogen-bond acceptors (Lipinski definition) is 3. The average Bonchev–Trinajstić information content (AvgIpc) is 2.60. The molecule has 3 heteroatoms. The summed E-state index contributed by atoms with van der Waals surface area (Å²) >= 11 is 0. The third-order valence-corrected chi connectivity index (χ3v) is 3.52. The highest BCUT2D eigenvalue weighted by molar-refractivity contribution is 5.01. The van der Waals surface area contributed by atoms with Gasteiger partial charge in [-0.25, -0.2) is 0 Å². The number of rotatable bonds is 2. The Morgan fingerprint density at radius 1 is 1.58 bits per heavy atom. The van der Waals surface area contributed by atoms with Crippen molar-refractivity contribution in [3.63, 3.8) is 0 Å². The molecule has 3 N–H and O–H groups in total. The molecule has 3 nitrogen and oxygen atoms in total. The van der Waals surface area contributed by atoms with Crippen LogP contribution in [0.3, 0.4) is 0 Å². The van der Waals surface area contributed by atoms with Gasteiger partial charge < -0.3 is 15.6 Å². The molecular weight excluding hydrogens is 154 g/mol. The third-order valence-electron chi connectivity index (χ3n) is 3.52. The molecule has 1 saturated heterocycles. The van der Waals surface area contributed by atoms with Crippen LogP contribution in [0.2, 0.25) is 0 Å². The lowest BCUT2D eigenvalue weighted by molar-refractivity contribution is -0.0127. The van der Waals surface area contributed by atoms with E-state index in [9.17, 15) is 5.11 Å². The summed E-state index contributed by atoms with van der Waals surface area (Å²) in [5, 5.41) is 9.81. The maximum atomic E-state index is 9.81. The number of ether oxygens (including phenoxy) is 1. The molecule has 0 spiro atoms. The van der Waals surface area contributed by atoms with Gasteiger partial charge in [0.25, 0.3) is 0 Å². The van der Waals surface area contributed by atoms with Crippen molar-refractivity contribution in [1.82, 2.24) is 0 Å². The number of hydrogen-bond donors (Lipinski definition) is 2. The Kier molecular flexibility index (Phi) is 2.10. The lowest BCUT2D eigenvalue weighted by Gasteiger charge is -2.32. The van der Waals surface area contributed by atoms with Crippen LogP contribution < -0.4 is 5.73 Å². The van der Waals surface area contributed by atoms with Gasteiger partial charge in [-0.15, -0.1) is 0 Å². The zero-order valence-electron chi connectivity index (χ0n) is 7.33. The molecule has 2 fully saturated rings. The van der Waals surface area contributed by atoms with Crippen molar-refractivity contribution in [3.8, 4) is 0 Å². The molecule has 1 saturated carbocycles. The number of aliphatic hydroxyl groups excluding tert-OH is 1. The third kappa shape index (κ3) is 1.00. The Bertz CT molecular complexity index is 162. The van der Waals surface area contributed by atoms with Crippen molar-refractivity contribution in [2.45, 2.75) is 37.9 Å². The number of aliphatic hydroxyl groups is 1. The van der Waals surface area contributed by atoms with Crippen LogP contribution in [0.25, 0.3) is 0 Å². The highest BCUT2D eigenvalue weighted by Gasteiger charge is 2.51. The smallest absolute Gasteiger partial charge is 0.0744 e. The molecule has 0 aromatic carbocycles. The van der Waals surface area contributed by atoms with Crippen LogP contribution in [0.1, 0.15) is 25.7 Å². The standard InChI is InChI=1S/C9H17NO2/c10-6-7(11)9-3-1-2-8(9)12-5-4-9/h7-8,11H,1-6,10H2/t7-,8+,9?/m0/s1. The summed E-state index contributed by atoms with van der Waals surface area (Å²) in [6, 6.07) is 0. The molecule has 0 bridgehead atoms. The number of nitrogens with two attached hydrogens (primary N) is 1. The van der Waals surface area contributed by atoms with Crippen LogP contribution in [-0.2, 0) is 4.74 Å². The molecule has 70 valence electrons. The Labute approximate surface area is 72.9 Å². The largest absolute Gasteiger partial charge is 0.391 e. The van der Waals surface area contributed by atoms with Gasteiger partial charge in [0.1, 0.15) is 0 Å². The summed E-state index contributed by atoms with van der Waals surface area (Å²) in [6.45, 7) is 1.18. The van der Waals surface area contributed by atoms with E-state index in [1.807, 2.05) is 0 Å². The fourth-order valence-electron chi connectivity index (χ4n) is 2.77. The van der Waals surface area contributed by atoms with E-state index in [0.717, 1.165) is 25.9 Å². The first-order valence-electron chi connectivity index (χ1n) is 4.79. The fraction of sp³-hybridized carbons (Fsp3) is 1.00. The van der Waals surface area contributed by atoms with E-state index in [-0.39, 0.29) is 17.6 Å². The Balaban J connectivity index is 2.16. The van der Waals surface area contributed by atoms with Crippen molar-refractivity contribution < 1.29 is 9.84 Å². The number of fused-ring (bicyclic) bond motifs is 1. The highest BCUT2D eigenvalue weighted by Crippen LogP contribution is 2.49. The minimum absolute atomic E-state index is 0.0226. The first-order chi connectivity index (χ1) is 5.79. The summed E-state index contributed by atoms with van der Waals surface area (Å²) in [7, 11) is 0. The van der Waals surface area contributed by atoms with E-state index in [2.05, 4.69) is 0 Å². The Morgan fingerprint density at radius 3 is 3.17 bits per heavy atom. The quantitative estimate of drug-likeness (QED) is 0.627. The highest BCUT2D eigenvalue weighted by atomic mass is 16.5. The van der Waals surface area contributed by atoms with Crippen molar-refractivity contribution in [2.24, 2.45) is 11.1 Å². The molecule has 0 aromatic rings. The van der Waals surface area contributed by atoms with E-state index in [0.29, 0.717) is 6.54 Å². The van der Waals surface area contributed by atoms with E-state index in [4.69, 9.17) is 10.5 Å². The zero-order chi connectivity index (χ0) is 8.60. The molecule has 0 aromatic heterocycles. The van der Waals surface area contributed by atoms with Gasteiger partial charge in [-0.1, -0.05) is 6.42 Å². The van der Waals surface area contributed by atoms with Crippen LogP contribution in [0.15, 0.2) is 0 Å². The van der Waals surface area contributed by atoms with Gasteiger partial charge in [0.15, 0.2) is 0 Å². The van der Waals surface area contributed by atoms with Crippen molar-refractivity contribution in [3.05, 3.63) is 0 Å². The molecule has 1 aliphatic heterocycles. The van der Waals surface area contributed by atoms with E-state index >= 15 is 0 Å². The predicted octanol–water partition coefficient (Wildman–Crippen LogP) is 0.265. The van der Waals surface area contributed by atoms with Gasteiger partial charge in [-0.2, -0.15) is 0 Å². The minimum Gasteiger partial charge on any atom is -0.391 e. The van der Waals surface area contributed by atoms with Crippen molar-refractivity contribution in [2.75, 3.05) is 13.2 Å². The van der Waals surface area contributed by atoms with Gasteiger partial charge in [0.2, 0.25) is 0 Å². The second-order valence-electron chi connectivity index (χ2n) is 3.99. The molecule has 1 aliphatic carbocycles.